The maximum atomic E-state index is 13.0. The summed E-state index contributed by atoms with van der Waals surface area (Å²) in [7, 11) is 1.82. The Kier molecular flexibility index (Phi) is 5.96. The molecule has 0 bridgehead atoms. The van der Waals surface area contributed by atoms with Crippen molar-refractivity contribution in [3.8, 4) is 0 Å². The molecule has 1 amide bonds. The second-order valence-corrected chi connectivity index (χ2v) is 7.50. The molecule has 2 heterocycles. The quantitative estimate of drug-likeness (QED) is 0.586. The number of hydrogen-bond acceptors (Lipinski definition) is 5. The molecule has 27 heavy (non-hydrogen) atoms. The van der Waals surface area contributed by atoms with Gasteiger partial charge in [-0.2, -0.15) is 0 Å². The summed E-state index contributed by atoms with van der Waals surface area (Å²) in [6, 6.07) is 11.7. The first-order valence-corrected chi connectivity index (χ1v) is 9.75. The molecule has 0 N–H and O–H groups in total. The van der Waals surface area contributed by atoms with E-state index in [4.69, 9.17) is 4.52 Å². The molecule has 0 saturated carbocycles. The van der Waals surface area contributed by atoms with Crippen LogP contribution >= 0.6 is 11.8 Å². The molecule has 0 saturated heterocycles. The van der Waals surface area contributed by atoms with Gasteiger partial charge in [0.15, 0.2) is 0 Å². The van der Waals surface area contributed by atoms with E-state index in [1.165, 1.54) is 17.3 Å². The van der Waals surface area contributed by atoms with Crippen LogP contribution in [-0.2, 0) is 12.3 Å². The second-order valence-electron chi connectivity index (χ2n) is 6.54. The highest BCUT2D eigenvalue weighted by molar-refractivity contribution is 7.98. The Morgan fingerprint density at radius 3 is 2.63 bits per heavy atom. The lowest BCUT2D eigenvalue weighted by atomic mass is 10.1. The highest BCUT2D eigenvalue weighted by atomic mass is 32.2. The molecule has 0 spiro atoms. The fraction of sp³-hybridized carbons (Fsp3) is 0.286. The molecule has 6 heteroatoms. The summed E-state index contributed by atoms with van der Waals surface area (Å²) in [5, 5.41) is 4.71. The number of hydrogen-bond donors (Lipinski definition) is 0. The van der Waals surface area contributed by atoms with E-state index in [-0.39, 0.29) is 5.91 Å². The molecule has 0 radical (unpaired) electrons. The summed E-state index contributed by atoms with van der Waals surface area (Å²) in [5.41, 5.74) is 4.86. The van der Waals surface area contributed by atoms with Gasteiger partial charge in [-0.15, -0.1) is 11.8 Å². The van der Waals surface area contributed by atoms with Gasteiger partial charge < -0.3 is 9.42 Å². The number of aryl methyl sites for hydroxylation is 3. The van der Waals surface area contributed by atoms with Crippen LogP contribution in [0.3, 0.4) is 0 Å². The number of nitrogens with zero attached hydrogens (tertiary/aromatic N) is 3. The molecule has 3 rings (SSSR count). The van der Waals surface area contributed by atoms with Crippen molar-refractivity contribution in [1.29, 1.82) is 0 Å². The minimum absolute atomic E-state index is 0.0346. The van der Waals surface area contributed by atoms with Gasteiger partial charge in [0.25, 0.3) is 5.91 Å². The number of pyridine rings is 1. The van der Waals surface area contributed by atoms with Crippen LogP contribution in [0.5, 0.6) is 0 Å². The monoisotopic (exact) mass is 381 g/mol. The molecule has 0 aliphatic rings. The third-order valence-corrected chi connectivity index (χ3v) is 5.58. The number of thioether (sulfide) groups is 1. The molecule has 140 valence electrons. The van der Waals surface area contributed by atoms with Crippen LogP contribution in [-0.4, -0.2) is 28.0 Å². The van der Waals surface area contributed by atoms with Crippen molar-refractivity contribution in [2.75, 3.05) is 7.05 Å². The van der Waals surface area contributed by atoms with E-state index < -0.39 is 0 Å². The van der Waals surface area contributed by atoms with Crippen LogP contribution in [0.25, 0.3) is 0 Å². The van der Waals surface area contributed by atoms with E-state index in [1.54, 1.807) is 17.2 Å². The minimum Gasteiger partial charge on any atom is -0.361 e. The Bertz CT molecular complexity index is 933. The van der Waals surface area contributed by atoms with Gasteiger partial charge in [-0.05, 0) is 44.0 Å². The summed E-state index contributed by atoms with van der Waals surface area (Å²) in [6.45, 7) is 6.44. The van der Waals surface area contributed by atoms with Gasteiger partial charge in [-0.3, -0.25) is 4.79 Å². The zero-order valence-electron chi connectivity index (χ0n) is 16.0. The summed E-state index contributed by atoms with van der Waals surface area (Å²) in [5.74, 6) is 1.44. The van der Waals surface area contributed by atoms with Crippen molar-refractivity contribution >= 4 is 17.7 Å². The van der Waals surface area contributed by atoms with Crippen molar-refractivity contribution in [3.05, 3.63) is 76.3 Å². The summed E-state index contributed by atoms with van der Waals surface area (Å²) in [6.07, 6.45) is 1.72. The molecule has 0 aliphatic heterocycles. The summed E-state index contributed by atoms with van der Waals surface area (Å²) < 4.78 is 5.22. The fourth-order valence-corrected chi connectivity index (χ4v) is 3.98. The van der Waals surface area contributed by atoms with Crippen LogP contribution in [0.1, 0.15) is 38.5 Å². The Morgan fingerprint density at radius 1 is 1.15 bits per heavy atom. The third kappa shape index (κ3) is 4.39. The van der Waals surface area contributed by atoms with Crippen LogP contribution in [0.15, 0.2) is 52.1 Å². The van der Waals surface area contributed by atoms with Gasteiger partial charge in [-0.1, -0.05) is 29.4 Å². The highest BCUT2D eigenvalue weighted by Gasteiger charge is 2.19. The maximum Gasteiger partial charge on any atom is 0.256 e. The maximum absolute atomic E-state index is 13.0. The average Bonchev–Trinajstić information content (AvgIpc) is 2.99. The Balaban J connectivity index is 1.76. The largest absolute Gasteiger partial charge is 0.361 e. The lowest BCUT2D eigenvalue weighted by Gasteiger charge is -2.19. The standard InChI is InChI=1S/C21H23N3O2S/c1-14-8-5-6-9-17(14)12-24(4)21(25)18-10-7-11-22-20(18)27-13-19-15(2)23-26-16(19)3/h5-11H,12-13H2,1-4H3. The first-order chi connectivity index (χ1) is 13.0. The van der Waals surface area contributed by atoms with Crippen LogP contribution in [0.2, 0.25) is 0 Å². The minimum atomic E-state index is -0.0346. The van der Waals surface area contributed by atoms with E-state index in [2.05, 4.69) is 29.2 Å². The fourth-order valence-electron chi connectivity index (χ4n) is 2.84. The van der Waals surface area contributed by atoms with E-state index in [0.717, 1.165) is 27.6 Å². The zero-order valence-corrected chi connectivity index (χ0v) is 16.8. The predicted octanol–water partition coefficient (Wildman–Crippen LogP) is 4.56. The Labute approximate surface area is 163 Å². The number of amides is 1. The molecule has 0 fully saturated rings. The van der Waals surface area contributed by atoms with Crippen LogP contribution in [0.4, 0.5) is 0 Å². The first kappa shape index (κ1) is 19.2. The van der Waals surface area contributed by atoms with E-state index in [1.807, 2.05) is 39.1 Å². The predicted molar refractivity (Wildman–Crippen MR) is 107 cm³/mol. The van der Waals surface area contributed by atoms with Crippen molar-refractivity contribution in [1.82, 2.24) is 15.0 Å². The van der Waals surface area contributed by atoms with E-state index >= 15 is 0 Å². The lowest BCUT2D eigenvalue weighted by molar-refractivity contribution is 0.0780. The molecular formula is C21H23N3O2S. The lowest BCUT2D eigenvalue weighted by Crippen LogP contribution is -2.27. The molecule has 3 aromatic rings. The summed E-state index contributed by atoms with van der Waals surface area (Å²) >= 11 is 1.53. The SMILES string of the molecule is Cc1ccccc1CN(C)C(=O)c1cccnc1SCc1c(C)noc1C. The number of aromatic nitrogens is 2. The van der Waals surface area contributed by atoms with Gasteiger partial charge in [0.05, 0.1) is 11.3 Å². The van der Waals surface area contributed by atoms with Gasteiger partial charge in [-0.25, -0.2) is 4.98 Å². The molecule has 5 nitrogen and oxygen atoms in total. The van der Waals surface area contributed by atoms with Crippen LogP contribution < -0.4 is 0 Å². The highest BCUT2D eigenvalue weighted by Crippen LogP contribution is 2.28. The normalized spacial score (nSPS) is 10.8. The average molecular weight is 382 g/mol. The zero-order chi connectivity index (χ0) is 19.4. The molecule has 0 aliphatic carbocycles. The summed E-state index contributed by atoms with van der Waals surface area (Å²) in [4.78, 5) is 19.2. The van der Waals surface area contributed by atoms with Crippen molar-refractivity contribution in [3.63, 3.8) is 0 Å². The van der Waals surface area contributed by atoms with Crippen molar-refractivity contribution in [2.24, 2.45) is 0 Å². The van der Waals surface area contributed by atoms with Gasteiger partial charge >= 0.3 is 0 Å². The van der Waals surface area contributed by atoms with Gasteiger partial charge in [0, 0.05) is 31.1 Å². The first-order valence-electron chi connectivity index (χ1n) is 8.77. The molecular weight excluding hydrogens is 358 g/mol. The number of carbonyl (C=O) groups excluding carboxylic acids is 1. The number of carbonyl (C=O) groups is 1. The van der Waals surface area contributed by atoms with Crippen molar-refractivity contribution < 1.29 is 9.32 Å². The molecule has 1 aromatic carbocycles. The number of benzene rings is 1. The van der Waals surface area contributed by atoms with E-state index in [9.17, 15) is 4.79 Å². The van der Waals surface area contributed by atoms with Crippen molar-refractivity contribution in [2.45, 2.75) is 38.1 Å². The number of rotatable bonds is 6. The second kappa shape index (κ2) is 8.39. The van der Waals surface area contributed by atoms with Gasteiger partial charge in [0.2, 0.25) is 0 Å². The Hall–Kier alpha value is -2.60. The topological polar surface area (TPSA) is 59.2 Å². The molecule has 2 aromatic heterocycles. The Morgan fingerprint density at radius 2 is 1.93 bits per heavy atom. The smallest absolute Gasteiger partial charge is 0.256 e. The molecule has 0 unspecified atom stereocenters. The van der Waals surface area contributed by atoms with E-state index in [0.29, 0.717) is 17.9 Å². The molecule has 0 atom stereocenters. The van der Waals surface area contributed by atoms with Gasteiger partial charge in [0.1, 0.15) is 10.8 Å². The van der Waals surface area contributed by atoms with Crippen LogP contribution in [0, 0.1) is 20.8 Å². The third-order valence-electron chi connectivity index (χ3n) is 4.55.